The fraction of sp³-hybridized carbons (Fsp3) is 1.00. The zero-order valence-corrected chi connectivity index (χ0v) is 12.6. The van der Waals surface area contributed by atoms with Crippen molar-refractivity contribution in [1.29, 1.82) is 0 Å². The minimum atomic E-state index is -3.08. The van der Waals surface area contributed by atoms with Crippen LogP contribution in [0.15, 0.2) is 0 Å². The number of nitrogens with one attached hydrogen (secondary N) is 2. The lowest BCUT2D eigenvalue weighted by atomic mass is 9.91. The highest BCUT2D eigenvalue weighted by atomic mass is 32.2. The topological polar surface area (TPSA) is 61.4 Å². The Balaban J connectivity index is 2.30. The number of nitrogens with zero attached hydrogens (tertiary/aromatic N) is 1. The molecule has 1 aliphatic heterocycles. The van der Waals surface area contributed by atoms with Gasteiger partial charge in [0.25, 0.3) is 0 Å². The molecule has 0 aromatic heterocycles. The first kappa shape index (κ1) is 15.9. The Morgan fingerprint density at radius 3 is 2.78 bits per heavy atom. The van der Waals surface area contributed by atoms with Gasteiger partial charge < -0.3 is 10.2 Å². The zero-order chi connectivity index (χ0) is 13.6. The molecule has 2 unspecified atom stereocenters. The number of piperidine rings is 1. The van der Waals surface area contributed by atoms with Crippen LogP contribution >= 0.6 is 0 Å². The zero-order valence-electron chi connectivity index (χ0n) is 11.8. The number of likely N-dealkylation sites (tertiary alicyclic amines) is 1. The van der Waals surface area contributed by atoms with E-state index >= 15 is 0 Å². The molecule has 1 aliphatic rings. The van der Waals surface area contributed by atoms with Crippen molar-refractivity contribution in [1.82, 2.24) is 14.9 Å². The van der Waals surface area contributed by atoms with Crippen LogP contribution in [-0.4, -0.2) is 58.3 Å². The molecule has 1 fully saturated rings. The highest BCUT2D eigenvalue weighted by Gasteiger charge is 2.23. The average Bonchev–Trinajstić information content (AvgIpc) is 2.38. The van der Waals surface area contributed by atoms with Crippen LogP contribution in [0.25, 0.3) is 0 Å². The second-order valence-electron chi connectivity index (χ2n) is 5.06. The first-order chi connectivity index (χ1) is 8.48. The van der Waals surface area contributed by atoms with Gasteiger partial charge in [0, 0.05) is 19.1 Å². The summed E-state index contributed by atoms with van der Waals surface area (Å²) < 4.78 is 24.9. The van der Waals surface area contributed by atoms with E-state index in [-0.39, 0.29) is 5.75 Å². The van der Waals surface area contributed by atoms with Crippen LogP contribution in [0.4, 0.5) is 0 Å². The largest absolute Gasteiger partial charge is 0.313 e. The van der Waals surface area contributed by atoms with Crippen molar-refractivity contribution in [3.8, 4) is 0 Å². The third kappa shape index (κ3) is 5.22. The van der Waals surface area contributed by atoms with Crippen molar-refractivity contribution in [3.63, 3.8) is 0 Å². The van der Waals surface area contributed by atoms with E-state index in [1.165, 1.54) is 26.4 Å². The normalized spacial score (nSPS) is 24.1. The van der Waals surface area contributed by atoms with Crippen LogP contribution in [0.3, 0.4) is 0 Å². The van der Waals surface area contributed by atoms with Gasteiger partial charge >= 0.3 is 0 Å². The molecule has 2 atom stereocenters. The van der Waals surface area contributed by atoms with Crippen LogP contribution in [-0.2, 0) is 10.0 Å². The van der Waals surface area contributed by atoms with Gasteiger partial charge in [0.05, 0.1) is 5.75 Å². The monoisotopic (exact) mass is 277 g/mol. The van der Waals surface area contributed by atoms with E-state index in [9.17, 15) is 8.42 Å². The molecule has 1 saturated heterocycles. The van der Waals surface area contributed by atoms with E-state index < -0.39 is 10.0 Å². The molecule has 18 heavy (non-hydrogen) atoms. The summed E-state index contributed by atoms with van der Waals surface area (Å²) in [4.78, 5) is 2.47. The highest BCUT2D eigenvalue weighted by molar-refractivity contribution is 7.89. The van der Waals surface area contributed by atoms with Crippen LogP contribution in [0.5, 0.6) is 0 Å². The summed E-state index contributed by atoms with van der Waals surface area (Å²) in [5.41, 5.74) is 0. The van der Waals surface area contributed by atoms with Crippen molar-refractivity contribution in [3.05, 3.63) is 0 Å². The average molecular weight is 277 g/mol. The maximum Gasteiger partial charge on any atom is 0.212 e. The summed E-state index contributed by atoms with van der Waals surface area (Å²) in [5, 5.41) is 3.34. The van der Waals surface area contributed by atoms with Gasteiger partial charge in [-0.25, -0.2) is 13.1 Å². The summed E-state index contributed by atoms with van der Waals surface area (Å²) in [6, 6.07) is 0.381. The van der Waals surface area contributed by atoms with E-state index in [1.54, 1.807) is 0 Å². The van der Waals surface area contributed by atoms with Gasteiger partial charge in [0.1, 0.15) is 0 Å². The number of sulfonamides is 1. The molecule has 0 aromatic rings. The number of hydrogen-bond donors (Lipinski definition) is 2. The Hall–Kier alpha value is -0.170. The molecule has 0 saturated carbocycles. The van der Waals surface area contributed by atoms with Crippen molar-refractivity contribution < 1.29 is 8.42 Å². The molecule has 0 bridgehead atoms. The lowest BCUT2D eigenvalue weighted by Crippen LogP contribution is -2.45. The Kier molecular flexibility index (Phi) is 6.55. The van der Waals surface area contributed by atoms with Crippen molar-refractivity contribution >= 4 is 10.0 Å². The number of rotatable bonds is 7. The van der Waals surface area contributed by atoms with E-state index in [0.717, 1.165) is 13.1 Å². The van der Waals surface area contributed by atoms with E-state index in [1.807, 2.05) is 0 Å². The molecular formula is C12H27N3O2S. The van der Waals surface area contributed by atoms with Gasteiger partial charge in [-0.3, -0.25) is 0 Å². The maximum atomic E-state index is 11.3. The summed E-state index contributed by atoms with van der Waals surface area (Å²) in [6.45, 7) is 8.32. The molecule has 108 valence electrons. The molecule has 0 aliphatic carbocycles. The lowest BCUT2D eigenvalue weighted by molar-refractivity contribution is 0.158. The maximum absolute atomic E-state index is 11.3. The lowest BCUT2D eigenvalue weighted by Gasteiger charge is -2.35. The predicted octanol–water partition coefficient (Wildman–Crippen LogP) is 0.246. The molecule has 1 heterocycles. The summed E-state index contributed by atoms with van der Waals surface area (Å²) in [5.74, 6) is 0.786. The van der Waals surface area contributed by atoms with Gasteiger partial charge in [0.2, 0.25) is 10.0 Å². The second kappa shape index (κ2) is 7.43. The minimum absolute atomic E-state index is 0.151. The van der Waals surface area contributed by atoms with E-state index in [4.69, 9.17) is 0 Å². The Morgan fingerprint density at radius 2 is 2.17 bits per heavy atom. The number of hydrogen-bond acceptors (Lipinski definition) is 4. The quantitative estimate of drug-likeness (QED) is 0.700. The Labute approximate surface area is 111 Å². The molecule has 0 spiro atoms. The molecule has 2 N–H and O–H groups in total. The molecule has 1 rings (SSSR count). The van der Waals surface area contributed by atoms with E-state index in [2.05, 4.69) is 28.8 Å². The van der Waals surface area contributed by atoms with Crippen LogP contribution in [0, 0.1) is 5.92 Å². The first-order valence-electron chi connectivity index (χ1n) is 6.85. The van der Waals surface area contributed by atoms with Crippen LogP contribution in [0.1, 0.15) is 26.7 Å². The van der Waals surface area contributed by atoms with Gasteiger partial charge in [-0.1, -0.05) is 6.92 Å². The van der Waals surface area contributed by atoms with Crippen LogP contribution < -0.4 is 10.0 Å². The summed E-state index contributed by atoms with van der Waals surface area (Å²) >= 11 is 0. The second-order valence-corrected chi connectivity index (χ2v) is 7.11. The fourth-order valence-electron chi connectivity index (χ4n) is 2.48. The van der Waals surface area contributed by atoms with Crippen molar-refractivity contribution in [2.24, 2.45) is 5.92 Å². The molecule has 0 amide bonds. The smallest absolute Gasteiger partial charge is 0.212 e. The SMILES string of the molecule is CCN1CCCC(C(C)NCCS(=O)(=O)NC)C1. The standard InChI is InChI=1S/C12H27N3O2S/c1-4-15-8-5-6-12(10-15)11(2)14-7-9-18(16,17)13-3/h11-14H,4-10H2,1-3H3. The summed E-state index contributed by atoms with van der Waals surface area (Å²) in [6.07, 6.45) is 2.49. The van der Waals surface area contributed by atoms with E-state index in [0.29, 0.717) is 18.5 Å². The van der Waals surface area contributed by atoms with Gasteiger partial charge in [0.15, 0.2) is 0 Å². The molecule has 5 nitrogen and oxygen atoms in total. The van der Waals surface area contributed by atoms with Crippen LogP contribution in [0.2, 0.25) is 0 Å². The molecule has 0 aromatic carbocycles. The van der Waals surface area contributed by atoms with Gasteiger partial charge in [-0.2, -0.15) is 0 Å². The van der Waals surface area contributed by atoms with Crippen molar-refractivity contribution in [2.45, 2.75) is 32.7 Å². The molecule has 0 radical (unpaired) electrons. The molecular weight excluding hydrogens is 250 g/mol. The predicted molar refractivity (Wildman–Crippen MR) is 75.1 cm³/mol. The van der Waals surface area contributed by atoms with Crippen molar-refractivity contribution in [2.75, 3.05) is 39.0 Å². The molecule has 6 heteroatoms. The third-order valence-electron chi connectivity index (χ3n) is 3.84. The Bertz CT molecular complexity index is 332. The fourth-order valence-corrected chi connectivity index (χ4v) is 3.07. The highest BCUT2D eigenvalue weighted by Crippen LogP contribution is 2.19. The Morgan fingerprint density at radius 1 is 1.44 bits per heavy atom. The van der Waals surface area contributed by atoms with Gasteiger partial charge in [-0.15, -0.1) is 0 Å². The third-order valence-corrected chi connectivity index (χ3v) is 5.21. The minimum Gasteiger partial charge on any atom is -0.313 e. The van der Waals surface area contributed by atoms with Gasteiger partial charge in [-0.05, 0) is 45.8 Å². The first-order valence-corrected chi connectivity index (χ1v) is 8.50. The summed E-state index contributed by atoms with van der Waals surface area (Å²) in [7, 11) is -1.63.